The highest BCUT2D eigenvalue weighted by Gasteiger charge is 2.30. The van der Waals surface area contributed by atoms with Crippen molar-refractivity contribution >= 4 is 34.0 Å². The lowest BCUT2D eigenvalue weighted by molar-refractivity contribution is 0.104. The molecule has 0 radical (unpaired) electrons. The van der Waals surface area contributed by atoms with Crippen LogP contribution in [-0.4, -0.2) is 5.78 Å². The van der Waals surface area contributed by atoms with Gasteiger partial charge >= 0.3 is 0 Å². The number of ketones is 1. The second-order valence-corrected chi connectivity index (χ2v) is 6.70. The van der Waals surface area contributed by atoms with Crippen LogP contribution in [0.15, 0.2) is 28.5 Å². The molecule has 0 aromatic carbocycles. The van der Waals surface area contributed by atoms with Crippen molar-refractivity contribution in [2.24, 2.45) is 5.92 Å². The first kappa shape index (κ1) is 11.9. The molecule has 0 saturated carbocycles. The van der Waals surface area contributed by atoms with Crippen molar-refractivity contribution in [1.29, 1.82) is 0 Å². The van der Waals surface area contributed by atoms with Crippen molar-refractivity contribution < 1.29 is 4.79 Å². The molecule has 18 heavy (non-hydrogen) atoms. The van der Waals surface area contributed by atoms with Crippen molar-refractivity contribution in [1.82, 2.24) is 0 Å². The van der Waals surface area contributed by atoms with Gasteiger partial charge in [0.05, 0.1) is 4.88 Å². The Bertz CT molecular complexity index is 609. The Balaban J connectivity index is 2.36. The van der Waals surface area contributed by atoms with Crippen molar-refractivity contribution in [3.05, 3.63) is 49.3 Å². The molecule has 2 aromatic heterocycles. The van der Waals surface area contributed by atoms with Gasteiger partial charge in [-0.05, 0) is 35.7 Å². The lowest BCUT2D eigenvalue weighted by Crippen LogP contribution is -2.11. The molecule has 0 fully saturated rings. The molecule has 0 bridgehead atoms. The Morgan fingerprint density at radius 2 is 1.67 bits per heavy atom. The largest absolute Gasteiger partial charge is 0.288 e. The molecule has 0 amide bonds. The van der Waals surface area contributed by atoms with E-state index in [4.69, 9.17) is 0 Å². The Kier molecular flexibility index (Phi) is 2.76. The molecule has 3 rings (SSSR count). The molecule has 1 nitrogen and oxygen atoms in total. The molecule has 0 spiro atoms. The molecule has 0 atom stereocenters. The molecule has 0 N–H and O–H groups in total. The van der Waals surface area contributed by atoms with E-state index in [0.717, 1.165) is 20.9 Å². The SMILES string of the molecule is C/C(=C1/c2ccsc2C(=O)c2ccsc21)C(C)C. The van der Waals surface area contributed by atoms with Gasteiger partial charge in [-0.1, -0.05) is 19.4 Å². The molecule has 2 heterocycles. The summed E-state index contributed by atoms with van der Waals surface area (Å²) < 4.78 is 0. The average Bonchev–Trinajstić information content (AvgIpc) is 2.96. The number of carbonyl (C=O) groups is 1. The smallest absolute Gasteiger partial charge is 0.205 e. The van der Waals surface area contributed by atoms with Gasteiger partial charge in [0.2, 0.25) is 5.78 Å². The fourth-order valence-electron chi connectivity index (χ4n) is 2.29. The van der Waals surface area contributed by atoms with Gasteiger partial charge in [0.1, 0.15) is 0 Å². The molecular weight excluding hydrogens is 260 g/mol. The van der Waals surface area contributed by atoms with E-state index in [0.29, 0.717) is 5.92 Å². The van der Waals surface area contributed by atoms with Gasteiger partial charge in [-0.2, -0.15) is 0 Å². The minimum Gasteiger partial charge on any atom is -0.288 e. The van der Waals surface area contributed by atoms with Crippen LogP contribution < -0.4 is 0 Å². The Morgan fingerprint density at radius 1 is 1.06 bits per heavy atom. The number of hydrogen-bond acceptors (Lipinski definition) is 3. The highest BCUT2D eigenvalue weighted by atomic mass is 32.1. The second kappa shape index (κ2) is 4.18. The third-order valence-electron chi connectivity index (χ3n) is 3.54. The Hall–Kier alpha value is -1.19. The van der Waals surface area contributed by atoms with Crippen LogP contribution in [0.2, 0.25) is 0 Å². The Morgan fingerprint density at radius 3 is 2.33 bits per heavy atom. The van der Waals surface area contributed by atoms with Gasteiger partial charge in [0.15, 0.2) is 0 Å². The summed E-state index contributed by atoms with van der Waals surface area (Å²) in [4.78, 5) is 14.4. The quantitative estimate of drug-likeness (QED) is 0.621. The third-order valence-corrected chi connectivity index (χ3v) is 5.38. The van der Waals surface area contributed by atoms with Crippen LogP contribution in [0.4, 0.5) is 0 Å². The maximum atomic E-state index is 12.4. The van der Waals surface area contributed by atoms with E-state index in [2.05, 4.69) is 26.8 Å². The van der Waals surface area contributed by atoms with Crippen LogP contribution in [-0.2, 0) is 0 Å². The number of carbonyl (C=O) groups excluding carboxylic acids is 1. The van der Waals surface area contributed by atoms with Gasteiger partial charge in [-0.3, -0.25) is 4.79 Å². The second-order valence-electron chi connectivity index (χ2n) is 4.87. The van der Waals surface area contributed by atoms with E-state index in [9.17, 15) is 4.79 Å². The lowest BCUT2D eigenvalue weighted by atomic mass is 9.86. The predicted molar refractivity (Wildman–Crippen MR) is 78.6 cm³/mol. The molecule has 1 aliphatic rings. The fraction of sp³-hybridized carbons (Fsp3) is 0.267. The van der Waals surface area contributed by atoms with E-state index in [1.165, 1.54) is 11.1 Å². The topological polar surface area (TPSA) is 17.1 Å². The highest BCUT2D eigenvalue weighted by molar-refractivity contribution is 7.14. The minimum atomic E-state index is 0.191. The number of rotatable bonds is 1. The summed E-state index contributed by atoms with van der Waals surface area (Å²) in [5.41, 5.74) is 4.66. The molecule has 1 aliphatic carbocycles. The first-order valence-corrected chi connectivity index (χ1v) is 7.78. The zero-order valence-electron chi connectivity index (χ0n) is 10.6. The normalized spacial score (nSPS) is 16.8. The van der Waals surface area contributed by atoms with E-state index in [1.807, 2.05) is 16.8 Å². The number of thiophene rings is 2. The van der Waals surface area contributed by atoms with Crippen molar-refractivity contribution in [3.8, 4) is 0 Å². The summed E-state index contributed by atoms with van der Waals surface area (Å²) >= 11 is 3.23. The summed E-state index contributed by atoms with van der Waals surface area (Å²) in [5, 5.41) is 4.04. The van der Waals surface area contributed by atoms with Gasteiger partial charge in [0, 0.05) is 21.6 Å². The Labute approximate surface area is 115 Å². The summed E-state index contributed by atoms with van der Waals surface area (Å²) in [5.74, 6) is 0.687. The van der Waals surface area contributed by atoms with Crippen LogP contribution in [0.5, 0.6) is 0 Å². The van der Waals surface area contributed by atoms with Gasteiger partial charge in [0.25, 0.3) is 0 Å². The number of fused-ring (bicyclic) bond motifs is 2. The van der Waals surface area contributed by atoms with E-state index in [1.54, 1.807) is 22.7 Å². The molecule has 0 aliphatic heterocycles. The molecular formula is C15H14OS2. The summed E-state index contributed by atoms with van der Waals surface area (Å²) in [7, 11) is 0. The average molecular weight is 274 g/mol. The standard InChI is InChI=1S/C15H14OS2/c1-8(2)9(3)12-10-4-6-18-15(10)13(16)11-5-7-17-14(11)12/h4-8H,1-3H3/b12-9+. The predicted octanol–water partition coefficient (Wildman–Crippen LogP) is 4.83. The highest BCUT2D eigenvalue weighted by Crippen LogP contribution is 2.43. The molecule has 3 heteroatoms. The number of allylic oxidation sites excluding steroid dienone is 1. The number of hydrogen-bond donors (Lipinski definition) is 0. The van der Waals surface area contributed by atoms with Crippen molar-refractivity contribution in [2.45, 2.75) is 20.8 Å². The first-order chi connectivity index (χ1) is 8.61. The van der Waals surface area contributed by atoms with Gasteiger partial charge in [-0.15, -0.1) is 22.7 Å². The van der Waals surface area contributed by atoms with E-state index < -0.39 is 0 Å². The van der Waals surface area contributed by atoms with Crippen LogP contribution in [0.25, 0.3) is 5.57 Å². The maximum absolute atomic E-state index is 12.4. The zero-order chi connectivity index (χ0) is 12.9. The summed E-state index contributed by atoms with van der Waals surface area (Å²) in [6, 6.07) is 4.04. The molecule has 92 valence electrons. The molecule has 2 aromatic rings. The summed E-state index contributed by atoms with van der Waals surface area (Å²) in [6.07, 6.45) is 0. The summed E-state index contributed by atoms with van der Waals surface area (Å²) in [6.45, 7) is 6.59. The van der Waals surface area contributed by atoms with Gasteiger partial charge in [-0.25, -0.2) is 0 Å². The monoisotopic (exact) mass is 274 g/mol. The minimum absolute atomic E-state index is 0.191. The zero-order valence-corrected chi connectivity index (χ0v) is 12.2. The van der Waals surface area contributed by atoms with Crippen molar-refractivity contribution in [2.75, 3.05) is 0 Å². The lowest BCUT2D eigenvalue weighted by Gasteiger charge is -2.19. The first-order valence-electron chi connectivity index (χ1n) is 6.02. The van der Waals surface area contributed by atoms with Gasteiger partial charge < -0.3 is 0 Å². The fourth-order valence-corrected chi connectivity index (χ4v) is 4.16. The van der Waals surface area contributed by atoms with Crippen molar-refractivity contribution in [3.63, 3.8) is 0 Å². The molecule has 0 unspecified atom stereocenters. The van der Waals surface area contributed by atoms with Crippen LogP contribution in [0.3, 0.4) is 0 Å². The molecule has 0 saturated heterocycles. The third kappa shape index (κ3) is 1.54. The van der Waals surface area contributed by atoms with Crippen LogP contribution in [0.1, 0.15) is 46.4 Å². The maximum Gasteiger partial charge on any atom is 0.205 e. The van der Waals surface area contributed by atoms with E-state index in [-0.39, 0.29) is 5.78 Å². The van der Waals surface area contributed by atoms with E-state index >= 15 is 0 Å². The van der Waals surface area contributed by atoms with Crippen LogP contribution >= 0.6 is 22.7 Å². The van der Waals surface area contributed by atoms with Crippen LogP contribution in [0, 0.1) is 5.92 Å².